The summed E-state index contributed by atoms with van der Waals surface area (Å²) in [6, 6.07) is 4.19. The summed E-state index contributed by atoms with van der Waals surface area (Å²) in [5.74, 6) is 0. The van der Waals surface area contributed by atoms with Gasteiger partial charge in [-0.15, -0.1) is 0 Å². The van der Waals surface area contributed by atoms with E-state index in [9.17, 15) is 0 Å². The molecule has 4 nitrogen and oxygen atoms in total. The number of nitrogens with zero attached hydrogens (tertiary/aromatic N) is 3. The van der Waals surface area contributed by atoms with E-state index in [2.05, 4.69) is 26.9 Å². The molecule has 1 fully saturated rings. The van der Waals surface area contributed by atoms with Gasteiger partial charge in [-0.05, 0) is 19.1 Å². The molecule has 17 heavy (non-hydrogen) atoms. The van der Waals surface area contributed by atoms with Gasteiger partial charge in [0, 0.05) is 50.3 Å². The van der Waals surface area contributed by atoms with Gasteiger partial charge in [0.05, 0.1) is 4.99 Å². The number of rotatable bonds is 3. The Kier molecular flexibility index (Phi) is 3.91. The van der Waals surface area contributed by atoms with Crippen LogP contribution >= 0.6 is 12.2 Å². The first-order valence-corrected chi connectivity index (χ1v) is 6.24. The summed E-state index contributed by atoms with van der Waals surface area (Å²) in [4.78, 5) is 9.48. The molecule has 1 aliphatic rings. The molecule has 2 rings (SSSR count). The molecule has 0 amide bonds. The average molecular weight is 250 g/mol. The summed E-state index contributed by atoms with van der Waals surface area (Å²) in [6.07, 6.45) is 1.87. The molecule has 0 aliphatic carbocycles. The molecule has 0 aromatic carbocycles. The van der Waals surface area contributed by atoms with Gasteiger partial charge < -0.3 is 10.6 Å². The fourth-order valence-corrected chi connectivity index (χ4v) is 2.29. The van der Waals surface area contributed by atoms with E-state index in [0.717, 1.165) is 38.4 Å². The monoisotopic (exact) mass is 250 g/mol. The molecule has 5 heteroatoms. The SMILES string of the molecule is Cc1cc(N2CCN(CC(N)=S)CC2)ccn1. The Balaban J connectivity index is 1.93. The molecule has 0 saturated carbocycles. The van der Waals surface area contributed by atoms with Gasteiger partial charge in [-0.3, -0.25) is 9.88 Å². The second-order valence-corrected chi connectivity index (χ2v) is 4.91. The Labute approximate surface area is 107 Å². The van der Waals surface area contributed by atoms with Crippen LogP contribution in [0.1, 0.15) is 5.69 Å². The van der Waals surface area contributed by atoms with Crippen LogP contribution in [0, 0.1) is 6.92 Å². The van der Waals surface area contributed by atoms with Crippen LogP contribution in [0.3, 0.4) is 0 Å². The number of hydrogen-bond acceptors (Lipinski definition) is 4. The van der Waals surface area contributed by atoms with Gasteiger partial charge in [0.15, 0.2) is 0 Å². The molecule has 1 aromatic heterocycles. The van der Waals surface area contributed by atoms with Crippen LogP contribution in [-0.4, -0.2) is 47.6 Å². The molecule has 2 heterocycles. The average Bonchev–Trinajstić information content (AvgIpc) is 2.29. The van der Waals surface area contributed by atoms with Gasteiger partial charge in [-0.1, -0.05) is 12.2 Å². The zero-order chi connectivity index (χ0) is 12.3. The van der Waals surface area contributed by atoms with E-state index in [-0.39, 0.29) is 0 Å². The summed E-state index contributed by atoms with van der Waals surface area (Å²) in [5.41, 5.74) is 7.88. The van der Waals surface area contributed by atoms with Crippen LogP contribution in [-0.2, 0) is 0 Å². The molecule has 0 atom stereocenters. The number of anilines is 1. The van der Waals surface area contributed by atoms with Crippen LogP contribution in [0.5, 0.6) is 0 Å². The van der Waals surface area contributed by atoms with Crippen molar-refractivity contribution in [3.05, 3.63) is 24.0 Å². The Morgan fingerprint density at radius 1 is 1.41 bits per heavy atom. The van der Waals surface area contributed by atoms with E-state index in [0.29, 0.717) is 4.99 Å². The molecule has 0 radical (unpaired) electrons. The van der Waals surface area contributed by atoms with Crippen molar-refractivity contribution in [3.8, 4) is 0 Å². The van der Waals surface area contributed by atoms with Gasteiger partial charge in [-0.25, -0.2) is 0 Å². The summed E-state index contributed by atoms with van der Waals surface area (Å²) < 4.78 is 0. The van der Waals surface area contributed by atoms with E-state index < -0.39 is 0 Å². The standard InChI is InChI=1S/C12H18N4S/c1-10-8-11(2-3-14-10)16-6-4-15(5-7-16)9-12(13)17/h2-3,8H,4-7,9H2,1H3,(H2,13,17). The molecule has 0 unspecified atom stereocenters. The molecule has 1 saturated heterocycles. The van der Waals surface area contributed by atoms with Crippen LogP contribution in [0.15, 0.2) is 18.3 Å². The number of piperazine rings is 1. The summed E-state index contributed by atoms with van der Waals surface area (Å²) in [5, 5.41) is 0. The number of aryl methyl sites for hydroxylation is 1. The number of hydrogen-bond donors (Lipinski definition) is 1. The predicted octanol–water partition coefficient (Wildman–Crippen LogP) is 0.798. The minimum Gasteiger partial charge on any atom is -0.392 e. The molecule has 1 aliphatic heterocycles. The van der Waals surface area contributed by atoms with Gasteiger partial charge in [-0.2, -0.15) is 0 Å². The predicted molar refractivity (Wildman–Crippen MR) is 74.4 cm³/mol. The molecular formula is C12H18N4S. The number of pyridine rings is 1. The number of nitrogens with two attached hydrogens (primary N) is 1. The lowest BCUT2D eigenvalue weighted by atomic mass is 10.2. The maximum absolute atomic E-state index is 5.56. The third-order valence-electron chi connectivity index (χ3n) is 3.00. The highest BCUT2D eigenvalue weighted by atomic mass is 32.1. The van der Waals surface area contributed by atoms with E-state index >= 15 is 0 Å². The zero-order valence-corrected chi connectivity index (χ0v) is 10.9. The molecular weight excluding hydrogens is 232 g/mol. The van der Waals surface area contributed by atoms with Gasteiger partial charge in [0.25, 0.3) is 0 Å². The van der Waals surface area contributed by atoms with Gasteiger partial charge in [0.1, 0.15) is 0 Å². The number of thiocarbonyl (C=S) groups is 1. The third-order valence-corrected chi connectivity index (χ3v) is 3.13. The van der Waals surface area contributed by atoms with Crippen molar-refractivity contribution >= 4 is 22.9 Å². The summed E-state index contributed by atoms with van der Waals surface area (Å²) in [7, 11) is 0. The maximum Gasteiger partial charge on any atom is 0.0870 e. The van der Waals surface area contributed by atoms with Crippen molar-refractivity contribution in [1.29, 1.82) is 0 Å². The second kappa shape index (κ2) is 5.42. The Morgan fingerprint density at radius 2 is 2.12 bits per heavy atom. The smallest absolute Gasteiger partial charge is 0.0870 e. The van der Waals surface area contributed by atoms with Crippen molar-refractivity contribution in [2.24, 2.45) is 5.73 Å². The van der Waals surface area contributed by atoms with Crippen molar-refractivity contribution in [2.45, 2.75) is 6.92 Å². The second-order valence-electron chi connectivity index (χ2n) is 4.38. The zero-order valence-electron chi connectivity index (χ0n) is 10.1. The molecule has 92 valence electrons. The first-order valence-electron chi connectivity index (χ1n) is 5.83. The van der Waals surface area contributed by atoms with E-state index in [1.807, 2.05) is 13.1 Å². The highest BCUT2D eigenvalue weighted by Gasteiger charge is 2.17. The quantitative estimate of drug-likeness (QED) is 0.804. The molecule has 0 spiro atoms. The fraction of sp³-hybridized carbons (Fsp3) is 0.500. The van der Waals surface area contributed by atoms with Crippen molar-refractivity contribution in [2.75, 3.05) is 37.6 Å². The normalized spacial score (nSPS) is 17.1. The minimum absolute atomic E-state index is 0.582. The van der Waals surface area contributed by atoms with E-state index in [4.69, 9.17) is 18.0 Å². The third kappa shape index (κ3) is 3.38. The lowest BCUT2D eigenvalue weighted by Crippen LogP contribution is -2.48. The van der Waals surface area contributed by atoms with Crippen molar-refractivity contribution < 1.29 is 0 Å². The highest BCUT2D eigenvalue weighted by Crippen LogP contribution is 2.16. The molecule has 2 N–H and O–H groups in total. The fourth-order valence-electron chi connectivity index (χ4n) is 2.11. The molecule has 1 aromatic rings. The van der Waals surface area contributed by atoms with Crippen LogP contribution in [0.25, 0.3) is 0 Å². The lowest BCUT2D eigenvalue weighted by molar-refractivity contribution is 0.292. The van der Waals surface area contributed by atoms with Gasteiger partial charge >= 0.3 is 0 Å². The van der Waals surface area contributed by atoms with Crippen LogP contribution in [0.2, 0.25) is 0 Å². The first kappa shape index (κ1) is 12.3. The Morgan fingerprint density at radius 3 is 2.71 bits per heavy atom. The molecule has 0 bridgehead atoms. The minimum atomic E-state index is 0.582. The summed E-state index contributed by atoms with van der Waals surface area (Å²) in [6.45, 7) is 6.82. The topological polar surface area (TPSA) is 45.4 Å². The Hall–Kier alpha value is -1.20. The Bertz CT molecular complexity index is 399. The van der Waals surface area contributed by atoms with Crippen molar-refractivity contribution in [3.63, 3.8) is 0 Å². The van der Waals surface area contributed by atoms with Gasteiger partial charge in [0.2, 0.25) is 0 Å². The summed E-state index contributed by atoms with van der Waals surface area (Å²) >= 11 is 4.93. The van der Waals surface area contributed by atoms with Crippen molar-refractivity contribution in [1.82, 2.24) is 9.88 Å². The van der Waals surface area contributed by atoms with E-state index in [1.54, 1.807) is 0 Å². The van der Waals surface area contributed by atoms with E-state index in [1.165, 1.54) is 5.69 Å². The highest BCUT2D eigenvalue weighted by molar-refractivity contribution is 7.80. The first-order chi connectivity index (χ1) is 8.15. The van der Waals surface area contributed by atoms with Crippen LogP contribution in [0.4, 0.5) is 5.69 Å². The lowest BCUT2D eigenvalue weighted by Gasteiger charge is -2.35. The van der Waals surface area contributed by atoms with Crippen LogP contribution < -0.4 is 10.6 Å². The largest absolute Gasteiger partial charge is 0.392 e. The maximum atomic E-state index is 5.56. The number of aromatic nitrogens is 1.